The molecule has 94 valence electrons. The van der Waals surface area contributed by atoms with Crippen LogP contribution in [0.1, 0.15) is 6.23 Å². The third-order valence-corrected chi connectivity index (χ3v) is 2.61. The van der Waals surface area contributed by atoms with Gasteiger partial charge >= 0.3 is 5.69 Å². The van der Waals surface area contributed by atoms with Gasteiger partial charge in [0.2, 0.25) is 0 Å². The summed E-state index contributed by atoms with van der Waals surface area (Å²) in [5.74, 6) is 0.0290. The zero-order valence-electron chi connectivity index (χ0n) is 8.73. The lowest BCUT2D eigenvalue weighted by Crippen LogP contribution is -2.35. The van der Waals surface area contributed by atoms with Crippen LogP contribution in [-0.2, 0) is 4.74 Å². The zero-order chi connectivity index (χ0) is 12.6. The summed E-state index contributed by atoms with van der Waals surface area (Å²) in [4.78, 5) is 14.9. The Kier molecular flexibility index (Phi) is 3.09. The molecular formula is C9H12FN3O4. The van der Waals surface area contributed by atoms with Gasteiger partial charge in [0.05, 0.1) is 0 Å². The fourth-order valence-corrected chi connectivity index (χ4v) is 1.71. The first-order chi connectivity index (χ1) is 8.04. The smallest absolute Gasteiger partial charge is 0.351 e. The van der Waals surface area contributed by atoms with Gasteiger partial charge in [-0.1, -0.05) is 0 Å². The van der Waals surface area contributed by atoms with E-state index in [-0.39, 0.29) is 5.82 Å². The van der Waals surface area contributed by atoms with E-state index in [0.29, 0.717) is 0 Å². The van der Waals surface area contributed by atoms with Gasteiger partial charge in [-0.2, -0.15) is 4.98 Å². The SMILES string of the molecule is Nc1ccn([C@@H]2O[C@H](CF)[C@@H](O)[C@H]2O)c(=O)n1. The Morgan fingerprint density at radius 2 is 2.24 bits per heavy atom. The van der Waals surface area contributed by atoms with E-state index < -0.39 is 36.9 Å². The van der Waals surface area contributed by atoms with Gasteiger partial charge in [0.15, 0.2) is 6.23 Å². The number of aromatic nitrogens is 2. The van der Waals surface area contributed by atoms with Gasteiger partial charge in [-0.25, -0.2) is 9.18 Å². The molecule has 0 radical (unpaired) electrons. The number of hydrogen-bond donors (Lipinski definition) is 3. The van der Waals surface area contributed by atoms with Gasteiger partial charge in [-0.3, -0.25) is 4.57 Å². The Bertz CT molecular complexity index is 466. The molecule has 0 spiro atoms. The maximum atomic E-state index is 12.5. The van der Waals surface area contributed by atoms with Gasteiger partial charge in [0, 0.05) is 6.20 Å². The average Bonchev–Trinajstić information content (AvgIpc) is 2.57. The highest BCUT2D eigenvalue weighted by atomic mass is 19.1. The minimum absolute atomic E-state index is 0.0290. The molecule has 1 aliphatic rings. The number of anilines is 1. The van der Waals surface area contributed by atoms with Gasteiger partial charge in [-0.15, -0.1) is 0 Å². The Hall–Kier alpha value is -1.51. The number of nitrogen functional groups attached to an aromatic ring is 1. The number of nitrogens with two attached hydrogens (primary N) is 1. The standard InChI is InChI=1S/C9H12FN3O4/c10-3-4-6(14)7(15)8(17-4)13-2-1-5(11)12-9(13)16/h1-2,4,6-8,14-15H,3H2,(H2,11,12,16)/t4-,6-,7-,8-/m1/s1. The van der Waals surface area contributed by atoms with Crippen LogP contribution in [0, 0.1) is 0 Å². The minimum atomic E-state index is -1.39. The van der Waals surface area contributed by atoms with Crippen molar-refractivity contribution in [3.8, 4) is 0 Å². The topological polar surface area (TPSA) is 111 Å². The van der Waals surface area contributed by atoms with Gasteiger partial charge in [0.25, 0.3) is 0 Å². The third-order valence-electron chi connectivity index (χ3n) is 2.61. The molecule has 1 saturated heterocycles. The fraction of sp³-hybridized carbons (Fsp3) is 0.556. The number of aliphatic hydroxyl groups is 2. The lowest BCUT2D eigenvalue weighted by Gasteiger charge is -2.16. The molecule has 17 heavy (non-hydrogen) atoms. The van der Waals surface area contributed by atoms with Gasteiger partial charge < -0.3 is 20.7 Å². The first-order valence-electron chi connectivity index (χ1n) is 4.97. The van der Waals surface area contributed by atoms with Crippen molar-refractivity contribution in [1.29, 1.82) is 0 Å². The van der Waals surface area contributed by atoms with Crippen molar-refractivity contribution >= 4 is 5.82 Å². The van der Waals surface area contributed by atoms with Crippen molar-refractivity contribution in [1.82, 2.24) is 9.55 Å². The minimum Gasteiger partial charge on any atom is -0.387 e. The molecule has 2 heterocycles. The van der Waals surface area contributed by atoms with Crippen LogP contribution in [-0.4, -0.2) is 44.8 Å². The molecule has 0 saturated carbocycles. The highest BCUT2D eigenvalue weighted by Gasteiger charge is 2.44. The highest BCUT2D eigenvalue weighted by Crippen LogP contribution is 2.28. The lowest BCUT2D eigenvalue weighted by atomic mass is 10.1. The van der Waals surface area contributed by atoms with Gasteiger partial charge in [-0.05, 0) is 6.07 Å². The number of aliphatic hydroxyl groups excluding tert-OH is 2. The third kappa shape index (κ3) is 2.02. The summed E-state index contributed by atoms with van der Waals surface area (Å²) in [5, 5.41) is 19.1. The van der Waals surface area contributed by atoms with E-state index in [1.807, 2.05) is 0 Å². The van der Waals surface area contributed by atoms with Crippen LogP contribution in [0.2, 0.25) is 0 Å². The van der Waals surface area contributed by atoms with Crippen molar-refractivity contribution in [2.45, 2.75) is 24.5 Å². The molecule has 1 aliphatic heterocycles. The van der Waals surface area contributed by atoms with Crippen LogP contribution in [0.25, 0.3) is 0 Å². The zero-order valence-corrected chi connectivity index (χ0v) is 8.73. The van der Waals surface area contributed by atoms with Crippen molar-refractivity contribution in [3.63, 3.8) is 0 Å². The Labute approximate surface area is 95.3 Å². The van der Waals surface area contributed by atoms with Crippen LogP contribution in [0.15, 0.2) is 17.1 Å². The summed E-state index contributed by atoms with van der Waals surface area (Å²) in [7, 11) is 0. The van der Waals surface area contributed by atoms with Crippen LogP contribution in [0.3, 0.4) is 0 Å². The van der Waals surface area contributed by atoms with Crippen LogP contribution in [0.5, 0.6) is 0 Å². The maximum Gasteiger partial charge on any atom is 0.351 e. The van der Waals surface area contributed by atoms with Crippen LogP contribution < -0.4 is 11.4 Å². The predicted molar refractivity (Wildman–Crippen MR) is 54.8 cm³/mol. The molecule has 7 nitrogen and oxygen atoms in total. The first-order valence-corrected chi connectivity index (χ1v) is 4.97. The molecule has 8 heteroatoms. The van der Waals surface area contributed by atoms with E-state index in [0.717, 1.165) is 4.57 Å². The molecule has 0 bridgehead atoms. The molecule has 4 N–H and O–H groups in total. The number of rotatable bonds is 2. The fourth-order valence-electron chi connectivity index (χ4n) is 1.71. The molecule has 0 aliphatic carbocycles. The summed E-state index contributed by atoms with van der Waals surface area (Å²) in [6.07, 6.45) is -3.81. The monoisotopic (exact) mass is 245 g/mol. The molecule has 1 aromatic rings. The van der Waals surface area contributed by atoms with Crippen molar-refractivity contribution in [2.75, 3.05) is 12.4 Å². The van der Waals surface area contributed by atoms with E-state index in [9.17, 15) is 19.4 Å². The van der Waals surface area contributed by atoms with Crippen LogP contribution >= 0.6 is 0 Å². The van der Waals surface area contributed by atoms with Crippen molar-refractivity contribution < 1.29 is 19.3 Å². The molecule has 0 aromatic carbocycles. The molecule has 4 atom stereocenters. The molecule has 1 fully saturated rings. The highest BCUT2D eigenvalue weighted by molar-refractivity contribution is 5.23. The first kappa shape index (κ1) is 12.0. The summed E-state index contributed by atoms with van der Waals surface area (Å²) in [6, 6.07) is 1.34. The number of halogens is 1. The second-order valence-electron chi connectivity index (χ2n) is 3.74. The lowest BCUT2D eigenvalue weighted by molar-refractivity contribution is -0.0453. The van der Waals surface area contributed by atoms with Crippen molar-refractivity contribution in [2.24, 2.45) is 0 Å². The van der Waals surface area contributed by atoms with E-state index in [1.165, 1.54) is 12.3 Å². The number of ether oxygens (including phenoxy) is 1. The summed E-state index contributed by atoms with van der Waals surface area (Å²) in [6.45, 7) is -0.953. The number of alkyl halides is 1. The van der Waals surface area contributed by atoms with Gasteiger partial charge in [0.1, 0.15) is 30.8 Å². The van der Waals surface area contributed by atoms with E-state index >= 15 is 0 Å². The quantitative estimate of drug-likeness (QED) is 0.579. The average molecular weight is 245 g/mol. The van der Waals surface area contributed by atoms with E-state index in [1.54, 1.807) is 0 Å². The Morgan fingerprint density at radius 3 is 2.76 bits per heavy atom. The van der Waals surface area contributed by atoms with E-state index in [2.05, 4.69) is 4.98 Å². The molecule has 0 amide bonds. The molecule has 1 aromatic heterocycles. The normalized spacial score (nSPS) is 32.9. The second-order valence-corrected chi connectivity index (χ2v) is 3.74. The summed E-state index contributed by atoms with van der Waals surface area (Å²) < 4.78 is 18.5. The van der Waals surface area contributed by atoms with Crippen LogP contribution in [0.4, 0.5) is 10.2 Å². The molecular weight excluding hydrogens is 233 g/mol. The largest absolute Gasteiger partial charge is 0.387 e. The second kappa shape index (κ2) is 4.40. The Morgan fingerprint density at radius 1 is 1.53 bits per heavy atom. The Balaban J connectivity index is 2.32. The molecule has 2 rings (SSSR count). The predicted octanol–water partition coefficient (Wildman–Crippen LogP) is -1.59. The van der Waals surface area contributed by atoms with E-state index in [4.69, 9.17) is 10.5 Å². The number of nitrogens with zero attached hydrogens (tertiary/aromatic N) is 2. The summed E-state index contributed by atoms with van der Waals surface area (Å²) in [5.41, 5.74) is 4.57. The molecule has 0 unspecified atom stereocenters. The number of hydrogen-bond acceptors (Lipinski definition) is 6. The maximum absolute atomic E-state index is 12.5. The summed E-state index contributed by atoms with van der Waals surface area (Å²) >= 11 is 0. The van der Waals surface area contributed by atoms with Crippen molar-refractivity contribution in [3.05, 3.63) is 22.7 Å².